The minimum Gasteiger partial charge on any atom is -0.412 e. The Hall–Kier alpha value is 0.820. The third kappa shape index (κ3) is 18.6. The zero-order valence-corrected chi connectivity index (χ0v) is 21.5. The average Bonchev–Trinajstić information content (AvgIpc) is 2.55. The van der Waals surface area contributed by atoms with E-state index in [9.17, 15) is 4.80 Å². The van der Waals surface area contributed by atoms with E-state index >= 15 is 0 Å². The summed E-state index contributed by atoms with van der Waals surface area (Å²) in [5, 5.41) is 8.91. The van der Waals surface area contributed by atoms with Crippen LogP contribution in [0.25, 0.3) is 0 Å². The molecule has 3 atom stereocenters. The van der Waals surface area contributed by atoms with Crippen LogP contribution in [-0.4, -0.2) is 54.3 Å². The van der Waals surface area contributed by atoms with Gasteiger partial charge in [-0.2, -0.15) is 0 Å². The van der Waals surface area contributed by atoms with E-state index in [4.69, 9.17) is 18.4 Å². The largest absolute Gasteiger partial charge is 0.677 e. The Balaban J connectivity index is -0.000000224. The first-order valence-electron chi connectivity index (χ1n) is 9.70. The molecule has 0 spiro atoms. The van der Waals surface area contributed by atoms with Crippen molar-refractivity contribution in [2.45, 2.75) is 117 Å². The maximum atomic E-state index is 10.4. The monoisotopic (exact) mass is 490 g/mol. The first-order valence-corrected chi connectivity index (χ1v) is 11.4. The van der Waals surface area contributed by atoms with Gasteiger partial charge in [-0.3, -0.25) is 0 Å². The number of rotatable bonds is 9. The van der Waals surface area contributed by atoms with Crippen LogP contribution in [0.1, 0.15) is 92.9 Å². The zero-order valence-electron chi connectivity index (χ0n) is 18.1. The Morgan fingerprint density at radius 2 is 1.07 bits per heavy atom. The molecule has 3 unspecified atom stereocenters. The van der Waals surface area contributed by atoms with Crippen molar-refractivity contribution >= 4 is 9.05 Å². The van der Waals surface area contributed by atoms with Crippen LogP contribution in [0, 0.1) is 0 Å². The molecule has 1 aliphatic rings. The van der Waals surface area contributed by atoms with Gasteiger partial charge in [-0.05, 0) is 52.9 Å². The number of aliphatic hydroxyl groups is 1. The molecule has 27 heavy (non-hydrogen) atoms. The second-order valence-electron chi connectivity index (χ2n) is 6.83. The van der Waals surface area contributed by atoms with Gasteiger partial charge >= 0.3 is 9.05 Å². The van der Waals surface area contributed by atoms with Gasteiger partial charge in [-0.1, -0.05) is 40.0 Å². The fraction of sp³-hybridized carbons (Fsp3) is 1.00. The summed E-state index contributed by atoms with van der Waals surface area (Å²) in [5.41, 5.74) is 0. The summed E-state index contributed by atoms with van der Waals surface area (Å²) < 4.78 is 16.7. The van der Waals surface area contributed by atoms with E-state index in [1.165, 1.54) is 19.3 Å². The normalized spacial score (nSPS) is 19.6. The molecule has 0 aromatic heterocycles. The van der Waals surface area contributed by atoms with Crippen LogP contribution >= 0.6 is 0 Å². The summed E-state index contributed by atoms with van der Waals surface area (Å²) in [6, 6.07) is 0. The van der Waals surface area contributed by atoms with Crippen LogP contribution in [0.15, 0.2) is 0 Å². The fourth-order valence-electron chi connectivity index (χ4n) is 2.18. The van der Waals surface area contributed by atoms with Crippen LogP contribution in [0.5, 0.6) is 0 Å². The van der Waals surface area contributed by atoms with E-state index in [1.807, 2.05) is 41.5 Å². The van der Waals surface area contributed by atoms with Crippen molar-refractivity contribution in [1.82, 2.24) is 0 Å². The van der Waals surface area contributed by atoms with Crippen molar-refractivity contribution in [1.29, 1.82) is 0 Å². The summed E-state index contributed by atoms with van der Waals surface area (Å²) in [6.45, 7) is 11.8. The third-order valence-electron chi connectivity index (χ3n) is 4.35. The molecule has 1 rings (SSSR count). The Morgan fingerprint density at radius 1 is 0.778 bits per heavy atom. The van der Waals surface area contributed by atoms with Crippen molar-refractivity contribution in [3.05, 3.63) is 0 Å². The van der Waals surface area contributed by atoms with Crippen LogP contribution in [0.2, 0.25) is 0 Å². The molecule has 0 amide bonds. The molecule has 1 saturated carbocycles. The minimum absolute atomic E-state index is 0. The molecule has 0 radical (unpaired) electrons. The number of hydrogen-bond donors (Lipinski definition) is 2. The van der Waals surface area contributed by atoms with E-state index in [1.54, 1.807) is 0 Å². The Bertz CT molecular complexity index is 276. The van der Waals surface area contributed by atoms with Crippen LogP contribution in [0.4, 0.5) is 0 Å². The molecule has 6 N–H and O–H groups in total. The Kier molecular flexibility index (Phi) is 26.3. The molecule has 0 aromatic carbocycles. The number of aliphatic hydroxyl groups excluding tert-OH is 1. The van der Waals surface area contributed by atoms with Gasteiger partial charge in [0, 0.05) is 44.5 Å². The minimum atomic E-state index is -3.50. The van der Waals surface area contributed by atoms with Gasteiger partial charge in [0.25, 0.3) is 0 Å². The van der Waals surface area contributed by atoms with Gasteiger partial charge in [-0.25, -0.2) is 0 Å². The summed E-state index contributed by atoms with van der Waals surface area (Å²) >= 11 is 0. The molecule has 0 aliphatic heterocycles. The van der Waals surface area contributed by atoms with Gasteiger partial charge in [0.05, 0.1) is 6.10 Å². The van der Waals surface area contributed by atoms with E-state index in [2.05, 4.69) is 0 Å². The molecule has 0 heterocycles. The van der Waals surface area contributed by atoms with Gasteiger partial charge in [0.1, 0.15) is 0 Å². The predicted octanol–water partition coefficient (Wildman–Crippen LogP) is 2.52. The molecular formula is C18H44O7SiZr. The smallest absolute Gasteiger partial charge is 0.412 e. The van der Waals surface area contributed by atoms with Crippen LogP contribution < -0.4 is 0 Å². The van der Waals surface area contributed by atoms with Gasteiger partial charge in [0.15, 0.2) is 0 Å². The molecule has 1 aliphatic carbocycles. The first kappa shape index (κ1) is 35.3. The van der Waals surface area contributed by atoms with Crippen molar-refractivity contribution in [2.75, 3.05) is 0 Å². The van der Waals surface area contributed by atoms with Crippen molar-refractivity contribution in [3.63, 3.8) is 0 Å². The maximum Gasteiger partial charge on any atom is 0.677 e. The van der Waals surface area contributed by atoms with E-state index in [-0.39, 0.29) is 61.6 Å². The fourth-order valence-corrected chi connectivity index (χ4v) is 4.37. The van der Waals surface area contributed by atoms with E-state index in [0.717, 1.165) is 32.1 Å². The van der Waals surface area contributed by atoms with Crippen molar-refractivity contribution < 1.29 is 60.3 Å². The molecule has 1 fully saturated rings. The second-order valence-corrected chi connectivity index (χ2v) is 8.58. The SMILES string of the molecule is CCC(C)O[Si](O)(OC(C)CC)OC(C)CC.O.O.OC1CCCCC1.[Zr]. The summed E-state index contributed by atoms with van der Waals surface area (Å²) in [5.74, 6) is 0. The van der Waals surface area contributed by atoms with E-state index in [0.29, 0.717) is 0 Å². The van der Waals surface area contributed by atoms with E-state index < -0.39 is 9.05 Å². The molecule has 0 saturated heterocycles. The van der Waals surface area contributed by atoms with Crippen LogP contribution in [0.3, 0.4) is 0 Å². The maximum absolute atomic E-state index is 10.4. The molecular weight excluding hydrogens is 448 g/mol. The Morgan fingerprint density at radius 3 is 1.26 bits per heavy atom. The van der Waals surface area contributed by atoms with Gasteiger partial charge < -0.3 is 34.1 Å². The predicted molar refractivity (Wildman–Crippen MR) is 107 cm³/mol. The summed E-state index contributed by atoms with van der Waals surface area (Å²) in [6.07, 6.45) is 8.22. The average molecular weight is 492 g/mol. The second kappa shape index (κ2) is 20.1. The topological polar surface area (TPSA) is 131 Å². The standard InChI is InChI=1S/C12H28O4Si.C6H12O.2H2O.Zr/c1-7-10(4)14-17(13,15-11(5)8-2)16-12(6)9-3;7-6-4-2-1-3-5-6;;;/h10-13H,7-9H2,1-6H3;6-7H,1-5H2;2*1H2;. The van der Waals surface area contributed by atoms with Gasteiger partial charge in [-0.15, -0.1) is 0 Å². The number of hydrogen-bond acceptors (Lipinski definition) is 5. The summed E-state index contributed by atoms with van der Waals surface area (Å²) in [4.78, 5) is 10.4. The Labute approximate surface area is 186 Å². The zero-order chi connectivity index (χ0) is 18.6. The van der Waals surface area contributed by atoms with Crippen LogP contribution in [-0.2, 0) is 39.5 Å². The molecule has 0 aromatic rings. The molecule has 7 nitrogen and oxygen atoms in total. The molecule has 9 heteroatoms. The molecule has 0 bridgehead atoms. The van der Waals surface area contributed by atoms with Crippen molar-refractivity contribution in [3.8, 4) is 0 Å². The first-order chi connectivity index (χ1) is 11.3. The summed E-state index contributed by atoms with van der Waals surface area (Å²) in [7, 11) is -3.50. The van der Waals surface area contributed by atoms with Gasteiger partial charge in [0.2, 0.25) is 0 Å². The van der Waals surface area contributed by atoms with Crippen molar-refractivity contribution in [2.24, 2.45) is 0 Å². The molecule has 166 valence electrons. The third-order valence-corrected chi connectivity index (χ3v) is 6.45. The quantitative estimate of drug-likeness (QED) is 0.478.